The van der Waals surface area contributed by atoms with Gasteiger partial charge in [0.15, 0.2) is 24.6 Å². The van der Waals surface area contributed by atoms with Gasteiger partial charge in [0, 0.05) is 19.3 Å². The van der Waals surface area contributed by atoms with Crippen molar-refractivity contribution in [3.05, 3.63) is 85.1 Å². The molecule has 12 nitrogen and oxygen atoms in total. The van der Waals surface area contributed by atoms with E-state index in [9.17, 15) is 34.5 Å². The molecule has 1 fully saturated rings. The average Bonchev–Trinajstić information content (AvgIpc) is 3.42. The minimum Gasteiger partial charge on any atom is -0.479 e. The van der Waals surface area contributed by atoms with Crippen LogP contribution in [0.15, 0.2) is 85.1 Å². The topological polar surface area (TPSA) is 175 Å². The second-order valence-corrected chi connectivity index (χ2v) is 20.6. The van der Waals surface area contributed by atoms with E-state index in [-0.39, 0.29) is 25.9 Å². The van der Waals surface area contributed by atoms with Gasteiger partial charge in [0.2, 0.25) is 0 Å². The Hall–Kier alpha value is -4.10. The van der Waals surface area contributed by atoms with E-state index in [1.807, 2.05) is 0 Å². The molecule has 0 aromatic heterocycles. The van der Waals surface area contributed by atoms with Crippen LogP contribution in [0.5, 0.6) is 0 Å². The fraction of sp³-hybridized carbons (Fsp3) is 0.723. The first kappa shape index (κ1) is 70.9. The molecule has 0 spiro atoms. The van der Waals surface area contributed by atoms with Crippen molar-refractivity contribution in [3.8, 4) is 0 Å². The second-order valence-electron chi connectivity index (χ2n) is 20.6. The molecule has 1 rings (SSSR count). The van der Waals surface area contributed by atoms with Crippen molar-refractivity contribution >= 4 is 23.9 Å². The number of ether oxygens (including phenoxy) is 5. The van der Waals surface area contributed by atoms with Crippen LogP contribution in [0.3, 0.4) is 0 Å². The molecule has 6 atom stereocenters. The number of allylic oxidation sites excluding steroid dienone is 14. The minimum atomic E-state index is -1.92. The van der Waals surface area contributed by atoms with Crippen molar-refractivity contribution in [1.82, 2.24) is 0 Å². The molecule has 0 aliphatic carbocycles. The molecule has 0 amide bonds. The van der Waals surface area contributed by atoms with Crippen LogP contribution in [0.1, 0.15) is 252 Å². The SMILES string of the molecule is CC/C=C\C/C=C\C/C=C\C/C=C\C/C=C\CCCCCC(=O)OC1C(OCC(COC(=O)CCCCCCCCCCCCCCCCC)OC(=O)CCCCCCC/C=C\C/C=C\CCC)OC(C(=O)O)C(O)C1O. The van der Waals surface area contributed by atoms with Crippen LogP contribution in [0.2, 0.25) is 0 Å². The third kappa shape index (κ3) is 42.5. The summed E-state index contributed by atoms with van der Waals surface area (Å²) in [4.78, 5) is 51.2. The molecule has 1 saturated heterocycles. The predicted octanol–water partition coefficient (Wildman–Crippen LogP) is 15.9. The standard InChI is InChI=1S/C65H108O12/c1-4-7-10-13-16-19-22-25-27-28-29-30-32-35-38-41-44-47-50-53-59(68)76-63-61(70)60(69)62(64(71)72)77-65(63)74-55-56(75-58(67)52-49-46-43-40-37-33-24-21-18-15-12-9-6-3)54-73-57(66)51-48-45-42-39-36-34-31-26-23-20-17-14-11-8-5-2/h7,10,12,15-16,19,21,24-25,27,29-30,35,38,56,60-63,65,69-70H,4-6,8-9,11,13-14,17-18,20,22-23,26,28,31-34,36-37,39-55H2,1-3H3,(H,71,72)/b10-7-,15-12-,19-16-,24-21-,27-25-,30-29-,38-35-. The summed E-state index contributed by atoms with van der Waals surface area (Å²) in [5.41, 5.74) is 0. The van der Waals surface area contributed by atoms with E-state index in [2.05, 4.69) is 106 Å². The average molecular weight is 1080 g/mol. The van der Waals surface area contributed by atoms with Crippen molar-refractivity contribution < 1.29 is 58.2 Å². The molecular formula is C65H108O12. The van der Waals surface area contributed by atoms with Gasteiger partial charge in [0.25, 0.3) is 0 Å². The molecule has 12 heteroatoms. The summed E-state index contributed by atoms with van der Waals surface area (Å²) in [6.45, 7) is 5.80. The first-order valence-corrected chi connectivity index (χ1v) is 30.6. The quantitative estimate of drug-likeness (QED) is 0.0228. The van der Waals surface area contributed by atoms with Gasteiger partial charge in [-0.15, -0.1) is 0 Å². The lowest BCUT2D eigenvalue weighted by Gasteiger charge is -2.40. The van der Waals surface area contributed by atoms with Crippen LogP contribution in [-0.4, -0.2) is 89.2 Å². The molecule has 1 aliphatic rings. The van der Waals surface area contributed by atoms with E-state index in [1.165, 1.54) is 70.6 Å². The van der Waals surface area contributed by atoms with Crippen molar-refractivity contribution in [3.63, 3.8) is 0 Å². The Labute approximate surface area is 467 Å². The molecule has 6 unspecified atom stereocenters. The molecule has 0 radical (unpaired) electrons. The Balaban J connectivity index is 2.70. The summed E-state index contributed by atoms with van der Waals surface area (Å²) in [5, 5.41) is 31.5. The Bertz CT molecular complexity index is 1660. The van der Waals surface area contributed by atoms with Crippen LogP contribution in [0.4, 0.5) is 0 Å². The number of hydrogen-bond donors (Lipinski definition) is 3. The van der Waals surface area contributed by atoms with Gasteiger partial charge in [-0.1, -0.05) is 228 Å². The van der Waals surface area contributed by atoms with E-state index in [0.29, 0.717) is 19.3 Å². The van der Waals surface area contributed by atoms with E-state index in [0.717, 1.165) is 122 Å². The van der Waals surface area contributed by atoms with Gasteiger partial charge in [-0.25, -0.2) is 4.79 Å². The normalized spacial score (nSPS) is 18.6. The van der Waals surface area contributed by atoms with E-state index < -0.39 is 67.3 Å². The number of aliphatic hydroxyl groups is 2. The van der Waals surface area contributed by atoms with Gasteiger partial charge in [-0.3, -0.25) is 14.4 Å². The molecule has 0 aromatic carbocycles. The molecule has 3 N–H and O–H groups in total. The molecule has 0 bridgehead atoms. The highest BCUT2D eigenvalue weighted by Crippen LogP contribution is 2.26. The maximum atomic E-state index is 13.1. The number of aliphatic hydroxyl groups excluding tert-OH is 2. The molecule has 77 heavy (non-hydrogen) atoms. The summed E-state index contributed by atoms with van der Waals surface area (Å²) in [7, 11) is 0. The fourth-order valence-corrected chi connectivity index (χ4v) is 8.79. The summed E-state index contributed by atoms with van der Waals surface area (Å²) < 4.78 is 28.4. The third-order valence-corrected chi connectivity index (χ3v) is 13.4. The monoisotopic (exact) mass is 1080 g/mol. The van der Waals surface area contributed by atoms with Gasteiger partial charge >= 0.3 is 23.9 Å². The number of rotatable bonds is 51. The first-order chi connectivity index (χ1) is 37.6. The van der Waals surface area contributed by atoms with Gasteiger partial charge < -0.3 is 39.0 Å². The lowest BCUT2D eigenvalue weighted by molar-refractivity contribution is -0.301. The Morgan fingerprint density at radius 1 is 0.442 bits per heavy atom. The van der Waals surface area contributed by atoms with Crippen LogP contribution in [0.25, 0.3) is 0 Å². The minimum absolute atomic E-state index is 0.0175. The van der Waals surface area contributed by atoms with Gasteiger partial charge in [-0.05, 0) is 89.9 Å². The number of esters is 3. The maximum absolute atomic E-state index is 13.1. The van der Waals surface area contributed by atoms with Crippen molar-refractivity contribution in [2.75, 3.05) is 13.2 Å². The highest BCUT2D eigenvalue weighted by molar-refractivity contribution is 5.74. The fourth-order valence-electron chi connectivity index (χ4n) is 8.79. The number of carboxylic acids is 1. The largest absolute Gasteiger partial charge is 0.479 e. The van der Waals surface area contributed by atoms with E-state index >= 15 is 0 Å². The highest BCUT2D eigenvalue weighted by Gasteiger charge is 2.50. The van der Waals surface area contributed by atoms with Gasteiger partial charge in [-0.2, -0.15) is 0 Å². The van der Waals surface area contributed by atoms with Crippen LogP contribution in [0, 0.1) is 0 Å². The highest BCUT2D eigenvalue weighted by atomic mass is 16.7. The predicted molar refractivity (Wildman–Crippen MR) is 312 cm³/mol. The van der Waals surface area contributed by atoms with Crippen LogP contribution >= 0.6 is 0 Å². The third-order valence-electron chi connectivity index (χ3n) is 13.4. The van der Waals surface area contributed by atoms with E-state index in [1.54, 1.807) is 0 Å². The summed E-state index contributed by atoms with van der Waals surface area (Å²) in [5.74, 6) is -3.18. The Morgan fingerprint density at radius 3 is 1.31 bits per heavy atom. The molecule has 1 heterocycles. The lowest BCUT2D eigenvalue weighted by atomic mass is 9.98. The summed E-state index contributed by atoms with van der Waals surface area (Å²) >= 11 is 0. The van der Waals surface area contributed by atoms with Gasteiger partial charge in [0.1, 0.15) is 18.8 Å². The Kier molecular flexibility index (Phi) is 48.4. The van der Waals surface area contributed by atoms with Crippen molar-refractivity contribution in [2.24, 2.45) is 0 Å². The number of carboxylic acid groups (broad SMARTS) is 1. The van der Waals surface area contributed by atoms with Crippen LogP contribution in [-0.2, 0) is 42.9 Å². The molecule has 0 saturated carbocycles. The number of carbonyl (C=O) groups excluding carboxylic acids is 3. The number of aliphatic carboxylic acids is 1. The van der Waals surface area contributed by atoms with Crippen LogP contribution < -0.4 is 0 Å². The lowest BCUT2D eigenvalue weighted by Crippen LogP contribution is -2.61. The first-order valence-electron chi connectivity index (χ1n) is 30.6. The number of hydrogen-bond acceptors (Lipinski definition) is 11. The van der Waals surface area contributed by atoms with Crippen molar-refractivity contribution in [1.29, 1.82) is 0 Å². The number of carbonyl (C=O) groups is 4. The molecule has 440 valence electrons. The van der Waals surface area contributed by atoms with Gasteiger partial charge in [0.05, 0.1) is 6.61 Å². The van der Waals surface area contributed by atoms with Crippen molar-refractivity contribution in [2.45, 2.75) is 289 Å². The zero-order valence-electron chi connectivity index (χ0n) is 48.4. The Morgan fingerprint density at radius 2 is 0.844 bits per heavy atom. The second kappa shape index (κ2) is 52.6. The maximum Gasteiger partial charge on any atom is 0.335 e. The molecular weight excluding hydrogens is 973 g/mol. The summed E-state index contributed by atoms with van der Waals surface area (Å²) in [6, 6.07) is 0. The zero-order chi connectivity index (χ0) is 56.1. The molecule has 0 aromatic rings. The summed E-state index contributed by atoms with van der Waals surface area (Å²) in [6.07, 6.45) is 55.5. The zero-order valence-corrected chi connectivity index (χ0v) is 48.4. The smallest absolute Gasteiger partial charge is 0.335 e. The number of unbranched alkanes of at least 4 members (excludes halogenated alkanes) is 23. The van der Waals surface area contributed by atoms with E-state index in [4.69, 9.17) is 23.7 Å². The molecule has 1 aliphatic heterocycles.